The molecule has 13 heteroatoms. The van der Waals surface area contributed by atoms with Crippen LogP contribution < -0.4 is 10.2 Å². The number of piperazine rings is 1. The molecule has 2 aromatic heterocycles. The predicted molar refractivity (Wildman–Crippen MR) is 190 cm³/mol. The van der Waals surface area contributed by atoms with Crippen molar-refractivity contribution >= 4 is 29.7 Å². The molecule has 2 N–H and O–H groups in total. The van der Waals surface area contributed by atoms with Gasteiger partial charge in [0.1, 0.15) is 24.6 Å². The Bertz CT molecular complexity index is 1670. The molecule has 51 heavy (non-hydrogen) atoms. The van der Waals surface area contributed by atoms with E-state index in [9.17, 15) is 19.5 Å². The Morgan fingerprint density at radius 3 is 2.57 bits per heavy atom. The molecule has 1 aromatic carbocycles. The highest BCUT2D eigenvalue weighted by Crippen LogP contribution is 2.27. The molecule has 0 unspecified atom stereocenters. The fourth-order valence-corrected chi connectivity index (χ4v) is 6.34. The van der Waals surface area contributed by atoms with Gasteiger partial charge in [-0.1, -0.05) is 26.0 Å². The number of aliphatic hydroxyl groups excluding tert-OH is 1. The lowest BCUT2D eigenvalue weighted by atomic mass is 9.91. The van der Waals surface area contributed by atoms with Crippen molar-refractivity contribution in [3.63, 3.8) is 0 Å². The zero-order chi connectivity index (χ0) is 36.3. The zero-order valence-corrected chi connectivity index (χ0v) is 29.4. The lowest BCUT2D eigenvalue weighted by Crippen LogP contribution is -2.49. The third kappa shape index (κ3) is 11.0. The Kier molecular flexibility index (Phi) is 13.0. The van der Waals surface area contributed by atoms with E-state index < -0.39 is 36.2 Å². The number of alkyl carbamates (subject to hydrolysis) is 1. The van der Waals surface area contributed by atoms with Crippen LogP contribution in [0.2, 0.25) is 0 Å². The van der Waals surface area contributed by atoms with Crippen LogP contribution in [-0.2, 0) is 32.2 Å². The number of anilines is 1. The Morgan fingerprint density at radius 2 is 1.84 bits per heavy atom. The number of cyclic esters (lactones) is 1. The third-order valence-electron chi connectivity index (χ3n) is 9.29. The molecule has 0 saturated carbocycles. The Labute approximate surface area is 297 Å². The van der Waals surface area contributed by atoms with E-state index in [1.54, 1.807) is 58.6 Å². The maximum atomic E-state index is 15.0. The summed E-state index contributed by atoms with van der Waals surface area (Å²) in [6, 6.07) is 10.2. The van der Waals surface area contributed by atoms with Gasteiger partial charge in [0, 0.05) is 69.1 Å². The number of benzene rings is 1. The van der Waals surface area contributed by atoms with E-state index in [4.69, 9.17) is 9.47 Å². The number of carbonyl (C=O) groups excluding carboxylic acids is 3. The number of halogens is 1. The van der Waals surface area contributed by atoms with E-state index in [0.29, 0.717) is 55.8 Å². The maximum absolute atomic E-state index is 15.0. The molecule has 1 saturated heterocycles. The second kappa shape index (κ2) is 17.8. The van der Waals surface area contributed by atoms with Crippen LogP contribution in [0.25, 0.3) is 6.08 Å². The topological polar surface area (TPSA) is 139 Å². The maximum Gasteiger partial charge on any atom is 0.408 e. The first-order chi connectivity index (χ1) is 24.5. The lowest BCUT2D eigenvalue weighted by molar-refractivity contribution is -0.151. The molecule has 1 fully saturated rings. The predicted octanol–water partition coefficient (Wildman–Crippen LogP) is 4.75. The highest BCUT2D eigenvalue weighted by atomic mass is 19.1. The van der Waals surface area contributed by atoms with E-state index in [-0.39, 0.29) is 37.3 Å². The SMILES string of the molecule is C/C(=C\c1cc(F)cc(N2CCN(C(=O)Cn3cccn3)CC2)c1)[C@H]1OC(=O)C[C@H](O)CC[C@H](C)[C@@H](OC(=O)NCc2ccncc2)/C=C/[C@@H]1C. The number of aliphatic hydroxyl groups is 1. The van der Waals surface area contributed by atoms with Crippen molar-refractivity contribution in [1.82, 2.24) is 25.0 Å². The molecule has 5 atom stereocenters. The first-order valence-corrected chi connectivity index (χ1v) is 17.4. The number of carbonyl (C=O) groups is 3. The summed E-state index contributed by atoms with van der Waals surface area (Å²) in [5, 5.41) is 17.5. The quantitative estimate of drug-likeness (QED) is 0.252. The molecule has 272 valence electrons. The number of hydrogen-bond donors (Lipinski definition) is 2. The minimum Gasteiger partial charge on any atom is -0.457 e. The van der Waals surface area contributed by atoms with E-state index in [1.165, 1.54) is 12.1 Å². The monoisotopic (exact) mass is 702 g/mol. The molecule has 0 aliphatic carbocycles. The first kappa shape index (κ1) is 37.2. The van der Waals surface area contributed by atoms with Gasteiger partial charge < -0.3 is 29.7 Å². The standard InChI is InChI=1S/C38H47FN6O6/c1-26-5-7-33(46)23-36(48)51-37(27(2)6-8-34(26)50-38(49)41-24-29-9-12-40-13-10-29)28(3)19-30-20-31(39)22-32(21-30)43-15-17-44(18-16-43)35(47)25-45-14-4-11-42-45/h4,6,8-14,19-22,26-27,33-34,37,46H,5,7,15-18,23-25H2,1-3H3,(H,41,49)/b8-6+,28-19+/t26-,27-,33+,34-,37-/m0/s1. The average molecular weight is 703 g/mol. The summed E-state index contributed by atoms with van der Waals surface area (Å²) in [5.41, 5.74) is 2.85. The van der Waals surface area contributed by atoms with Gasteiger partial charge in [0.2, 0.25) is 5.91 Å². The van der Waals surface area contributed by atoms with E-state index >= 15 is 4.39 Å². The summed E-state index contributed by atoms with van der Waals surface area (Å²) in [4.78, 5) is 46.3. The Morgan fingerprint density at radius 1 is 1.08 bits per heavy atom. The lowest BCUT2D eigenvalue weighted by Gasteiger charge is -2.36. The van der Waals surface area contributed by atoms with Crippen LogP contribution in [0, 0.1) is 17.7 Å². The Balaban J connectivity index is 1.28. The van der Waals surface area contributed by atoms with Gasteiger partial charge in [-0.25, -0.2) is 9.18 Å². The molecule has 0 spiro atoms. The number of esters is 1. The first-order valence-electron chi connectivity index (χ1n) is 17.4. The molecule has 5 rings (SSSR count). The molecule has 3 aromatic rings. The van der Waals surface area contributed by atoms with Crippen LogP contribution in [0.4, 0.5) is 14.9 Å². The smallest absolute Gasteiger partial charge is 0.408 e. The van der Waals surface area contributed by atoms with Crippen LogP contribution in [0.1, 0.15) is 51.2 Å². The number of amides is 2. The van der Waals surface area contributed by atoms with Crippen molar-refractivity contribution in [1.29, 1.82) is 0 Å². The minimum atomic E-state index is -0.920. The number of aromatic nitrogens is 3. The molecule has 2 aliphatic heterocycles. The molecule has 12 nitrogen and oxygen atoms in total. The van der Waals surface area contributed by atoms with Crippen LogP contribution in [-0.4, -0.2) is 87.2 Å². The highest BCUT2D eigenvalue weighted by Gasteiger charge is 2.28. The number of pyridine rings is 1. The van der Waals surface area contributed by atoms with Gasteiger partial charge in [0.05, 0.1) is 12.5 Å². The van der Waals surface area contributed by atoms with E-state index in [2.05, 4.69) is 15.4 Å². The number of ether oxygens (including phenoxy) is 2. The van der Waals surface area contributed by atoms with Crippen LogP contribution in [0.5, 0.6) is 0 Å². The number of nitrogens with zero attached hydrogens (tertiary/aromatic N) is 5. The Hall–Kier alpha value is -5.04. The van der Waals surface area contributed by atoms with Crippen LogP contribution >= 0.6 is 0 Å². The molecule has 4 heterocycles. The minimum absolute atomic E-state index is 0.0178. The van der Waals surface area contributed by atoms with Gasteiger partial charge in [-0.2, -0.15) is 5.10 Å². The van der Waals surface area contributed by atoms with Gasteiger partial charge in [0.15, 0.2) is 0 Å². The van der Waals surface area contributed by atoms with Crippen molar-refractivity contribution in [2.45, 2.75) is 71.4 Å². The summed E-state index contributed by atoms with van der Waals surface area (Å²) in [6.07, 6.45) is 10.0. The van der Waals surface area contributed by atoms with Gasteiger partial charge >= 0.3 is 12.1 Å². The van der Waals surface area contributed by atoms with Crippen molar-refractivity contribution < 1.29 is 33.4 Å². The molecular formula is C38H47FN6O6. The molecule has 2 amide bonds. The third-order valence-corrected chi connectivity index (χ3v) is 9.29. The van der Waals surface area contributed by atoms with Crippen LogP contribution in [0.3, 0.4) is 0 Å². The summed E-state index contributed by atoms with van der Waals surface area (Å²) in [5.74, 6) is -1.44. The van der Waals surface area contributed by atoms with Crippen molar-refractivity contribution in [2.24, 2.45) is 11.8 Å². The molecule has 0 bridgehead atoms. The summed E-state index contributed by atoms with van der Waals surface area (Å²) < 4.78 is 28.4. The average Bonchev–Trinajstić information content (AvgIpc) is 3.63. The molecule has 0 radical (unpaired) electrons. The van der Waals surface area contributed by atoms with Gasteiger partial charge in [-0.15, -0.1) is 0 Å². The van der Waals surface area contributed by atoms with E-state index in [1.807, 2.05) is 43.9 Å². The van der Waals surface area contributed by atoms with Gasteiger partial charge in [0.25, 0.3) is 0 Å². The fourth-order valence-electron chi connectivity index (χ4n) is 6.34. The second-order valence-corrected chi connectivity index (χ2v) is 13.3. The highest BCUT2D eigenvalue weighted by molar-refractivity contribution is 5.76. The summed E-state index contributed by atoms with van der Waals surface area (Å²) >= 11 is 0. The van der Waals surface area contributed by atoms with Gasteiger partial charge in [-0.3, -0.25) is 19.3 Å². The van der Waals surface area contributed by atoms with Crippen molar-refractivity contribution in [3.05, 3.63) is 95.9 Å². The second-order valence-electron chi connectivity index (χ2n) is 13.3. The van der Waals surface area contributed by atoms with Crippen molar-refractivity contribution in [3.8, 4) is 0 Å². The fraction of sp³-hybridized carbons (Fsp3) is 0.447. The normalized spacial score (nSPS) is 24.1. The summed E-state index contributed by atoms with van der Waals surface area (Å²) in [7, 11) is 0. The molecule has 2 aliphatic rings. The van der Waals surface area contributed by atoms with Gasteiger partial charge in [-0.05, 0) is 84.9 Å². The van der Waals surface area contributed by atoms with Crippen molar-refractivity contribution in [2.75, 3.05) is 31.1 Å². The number of rotatable bonds is 8. The molecular weight excluding hydrogens is 655 g/mol. The largest absolute Gasteiger partial charge is 0.457 e. The number of hydrogen-bond acceptors (Lipinski definition) is 9. The van der Waals surface area contributed by atoms with Crippen LogP contribution in [0.15, 0.2) is 78.9 Å². The number of nitrogens with one attached hydrogen (secondary N) is 1. The zero-order valence-electron chi connectivity index (χ0n) is 29.4. The summed E-state index contributed by atoms with van der Waals surface area (Å²) in [6.45, 7) is 8.22. The van der Waals surface area contributed by atoms with E-state index in [0.717, 1.165) is 5.56 Å².